The Balaban J connectivity index is 1.49. The number of carbonyl (C=O) groups is 2. The van der Waals surface area contributed by atoms with E-state index in [0.717, 1.165) is 42.6 Å². The van der Waals surface area contributed by atoms with Crippen molar-refractivity contribution in [2.45, 2.75) is 57.5 Å². The molecule has 1 aliphatic heterocycles. The van der Waals surface area contributed by atoms with E-state index in [1.165, 1.54) is 6.42 Å². The van der Waals surface area contributed by atoms with Gasteiger partial charge in [0.2, 0.25) is 11.8 Å². The molecule has 1 saturated heterocycles. The van der Waals surface area contributed by atoms with Gasteiger partial charge in [0.25, 0.3) is 0 Å². The standard InChI is InChI=1S/C26H32N2O3/c1-2-31-23-13-11-21(12-14-23)17-24(29)27-19-25(30)28(18-22-9-5-3-6-10-22)26(20-27)15-7-4-8-16-26/h3,5-6,9-14H,2,4,7-8,15-20H2,1H3. The molecule has 0 atom stereocenters. The summed E-state index contributed by atoms with van der Waals surface area (Å²) < 4.78 is 5.49. The summed E-state index contributed by atoms with van der Waals surface area (Å²) in [5.41, 5.74) is 1.86. The monoisotopic (exact) mass is 420 g/mol. The Morgan fingerprint density at radius 3 is 2.35 bits per heavy atom. The lowest BCUT2D eigenvalue weighted by atomic mass is 9.78. The highest BCUT2D eigenvalue weighted by atomic mass is 16.5. The van der Waals surface area contributed by atoms with Crippen LogP contribution in [0.4, 0.5) is 0 Å². The molecule has 0 bridgehead atoms. The highest BCUT2D eigenvalue weighted by Crippen LogP contribution is 2.38. The van der Waals surface area contributed by atoms with Crippen LogP contribution < -0.4 is 4.74 Å². The van der Waals surface area contributed by atoms with Crippen molar-refractivity contribution in [3.8, 4) is 5.75 Å². The molecule has 0 N–H and O–H groups in total. The third kappa shape index (κ3) is 4.92. The first kappa shape index (κ1) is 21.4. The smallest absolute Gasteiger partial charge is 0.243 e. The highest BCUT2D eigenvalue weighted by Gasteiger charge is 2.46. The van der Waals surface area contributed by atoms with Gasteiger partial charge >= 0.3 is 0 Å². The third-order valence-corrected chi connectivity index (χ3v) is 6.60. The Bertz CT molecular complexity index is 889. The molecule has 0 aromatic heterocycles. The molecule has 4 rings (SSSR count). The van der Waals surface area contributed by atoms with Gasteiger partial charge in [-0.3, -0.25) is 9.59 Å². The van der Waals surface area contributed by atoms with Crippen molar-refractivity contribution in [1.82, 2.24) is 9.80 Å². The summed E-state index contributed by atoms with van der Waals surface area (Å²) in [6.07, 6.45) is 5.68. The van der Waals surface area contributed by atoms with Gasteiger partial charge in [-0.2, -0.15) is 0 Å². The average Bonchev–Trinajstić information content (AvgIpc) is 2.79. The van der Waals surface area contributed by atoms with Crippen LogP contribution in [-0.4, -0.2) is 46.8 Å². The van der Waals surface area contributed by atoms with Crippen LogP contribution in [0.2, 0.25) is 0 Å². The van der Waals surface area contributed by atoms with E-state index in [2.05, 4.69) is 17.0 Å². The molecular formula is C26H32N2O3. The normalized spacial score (nSPS) is 18.3. The molecule has 1 saturated carbocycles. The van der Waals surface area contributed by atoms with Gasteiger partial charge < -0.3 is 14.5 Å². The van der Waals surface area contributed by atoms with Crippen molar-refractivity contribution in [3.63, 3.8) is 0 Å². The van der Waals surface area contributed by atoms with Crippen LogP contribution in [0, 0.1) is 0 Å². The fraction of sp³-hybridized carbons (Fsp3) is 0.462. The third-order valence-electron chi connectivity index (χ3n) is 6.60. The van der Waals surface area contributed by atoms with Crippen LogP contribution in [0.1, 0.15) is 50.2 Å². The van der Waals surface area contributed by atoms with Crippen molar-refractivity contribution < 1.29 is 14.3 Å². The number of ether oxygens (including phenoxy) is 1. The van der Waals surface area contributed by atoms with Crippen LogP contribution in [0.3, 0.4) is 0 Å². The van der Waals surface area contributed by atoms with Gasteiger partial charge in [0.15, 0.2) is 0 Å². The van der Waals surface area contributed by atoms with Crippen molar-refractivity contribution in [2.75, 3.05) is 19.7 Å². The summed E-state index contributed by atoms with van der Waals surface area (Å²) in [5, 5.41) is 0. The topological polar surface area (TPSA) is 49.9 Å². The lowest BCUT2D eigenvalue weighted by molar-refractivity contribution is -0.158. The van der Waals surface area contributed by atoms with Crippen molar-refractivity contribution in [3.05, 3.63) is 65.7 Å². The largest absolute Gasteiger partial charge is 0.494 e. The predicted octanol–water partition coefficient (Wildman–Crippen LogP) is 4.20. The maximum absolute atomic E-state index is 13.3. The maximum atomic E-state index is 13.3. The summed E-state index contributed by atoms with van der Waals surface area (Å²) in [6, 6.07) is 17.9. The van der Waals surface area contributed by atoms with Crippen LogP contribution in [0.25, 0.3) is 0 Å². The Kier molecular flexibility index (Phi) is 6.59. The molecule has 1 spiro atoms. The minimum atomic E-state index is -0.238. The number of rotatable bonds is 6. The van der Waals surface area contributed by atoms with Crippen LogP contribution in [0.15, 0.2) is 54.6 Å². The zero-order chi connectivity index (χ0) is 21.7. The van der Waals surface area contributed by atoms with Gasteiger partial charge in [0.1, 0.15) is 5.75 Å². The highest BCUT2D eigenvalue weighted by molar-refractivity contribution is 5.87. The molecule has 1 aliphatic carbocycles. The molecule has 0 unspecified atom stereocenters. The summed E-state index contributed by atoms with van der Waals surface area (Å²) in [7, 11) is 0. The summed E-state index contributed by atoms with van der Waals surface area (Å²) >= 11 is 0. The van der Waals surface area contributed by atoms with Gasteiger partial charge in [-0.15, -0.1) is 0 Å². The molecule has 5 nitrogen and oxygen atoms in total. The van der Waals surface area contributed by atoms with Gasteiger partial charge in [-0.25, -0.2) is 0 Å². The summed E-state index contributed by atoms with van der Waals surface area (Å²) in [5.74, 6) is 0.906. The first-order chi connectivity index (χ1) is 15.1. The Hall–Kier alpha value is -2.82. The number of nitrogens with zero attached hydrogens (tertiary/aromatic N) is 2. The molecule has 2 amide bonds. The molecule has 2 aromatic carbocycles. The minimum Gasteiger partial charge on any atom is -0.494 e. The van der Waals surface area contributed by atoms with E-state index in [4.69, 9.17) is 4.74 Å². The number of hydrogen-bond donors (Lipinski definition) is 0. The van der Waals surface area contributed by atoms with E-state index in [9.17, 15) is 9.59 Å². The first-order valence-electron chi connectivity index (χ1n) is 11.4. The maximum Gasteiger partial charge on any atom is 0.243 e. The second-order valence-corrected chi connectivity index (χ2v) is 8.75. The van der Waals surface area contributed by atoms with Gasteiger partial charge in [-0.05, 0) is 43.0 Å². The van der Waals surface area contributed by atoms with E-state index in [1.54, 1.807) is 4.90 Å². The molecule has 2 fully saturated rings. The van der Waals surface area contributed by atoms with E-state index in [1.807, 2.05) is 49.4 Å². The van der Waals surface area contributed by atoms with Crippen molar-refractivity contribution in [2.24, 2.45) is 0 Å². The van der Waals surface area contributed by atoms with E-state index < -0.39 is 0 Å². The SMILES string of the molecule is CCOc1ccc(CC(=O)N2CC(=O)N(Cc3ccccc3)C3(CCCCC3)C2)cc1. The Morgan fingerprint density at radius 2 is 1.68 bits per heavy atom. The Morgan fingerprint density at radius 1 is 0.968 bits per heavy atom. The van der Waals surface area contributed by atoms with E-state index in [-0.39, 0.29) is 23.9 Å². The molecule has 5 heteroatoms. The molecule has 31 heavy (non-hydrogen) atoms. The number of benzene rings is 2. The average molecular weight is 421 g/mol. The fourth-order valence-electron chi connectivity index (χ4n) is 5.00. The second kappa shape index (κ2) is 9.54. The number of amides is 2. The molecule has 2 aromatic rings. The Labute approximate surface area is 185 Å². The lowest BCUT2D eigenvalue weighted by Gasteiger charge is -2.52. The second-order valence-electron chi connectivity index (χ2n) is 8.75. The molecule has 164 valence electrons. The molecule has 1 heterocycles. The fourth-order valence-corrected chi connectivity index (χ4v) is 5.00. The zero-order valence-corrected chi connectivity index (χ0v) is 18.4. The van der Waals surface area contributed by atoms with Crippen LogP contribution in [0.5, 0.6) is 5.75 Å². The quantitative estimate of drug-likeness (QED) is 0.704. The van der Waals surface area contributed by atoms with Gasteiger partial charge in [0, 0.05) is 13.1 Å². The summed E-state index contributed by atoms with van der Waals surface area (Å²) in [4.78, 5) is 30.3. The van der Waals surface area contributed by atoms with Gasteiger partial charge in [-0.1, -0.05) is 61.7 Å². The molecular weight excluding hydrogens is 388 g/mol. The molecule has 0 radical (unpaired) electrons. The predicted molar refractivity (Wildman–Crippen MR) is 121 cm³/mol. The minimum absolute atomic E-state index is 0.0295. The molecule has 2 aliphatic rings. The first-order valence-corrected chi connectivity index (χ1v) is 11.4. The van der Waals surface area contributed by atoms with E-state index in [0.29, 0.717) is 26.1 Å². The summed E-state index contributed by atoms with van der Waals surface area (Å²) in [6.45, 7) is 4.01. The van der Waals surface area contributed by atoms with Crippen molar-refractivity contribution >= 4 is 11.8 Å². The zero-order valence-electron chi connectivity index (χ0n) is 18.4. The van der Waals surface area contributed by atoms with Gasteiger partial charge in [0.05, 0.1) is 25.1 Å². The van der Waals surface area contributed by atoms with Crippen molar-refractivity contribution in [1.29, 1.82) is 0 Å². The number of piperazine rings is 1. The van der Waals surface area contributed by atoms with Crippen LogP contribution >= 0.6 is 0 Å². The number of hydrogen-bond acceptors (Lipinski definition) is 3. The van der Waals surface area contributed by atoms with E-state index >= 15 is 0 Å². The number of carbonyl (C=O) groups excluding carboxylic acids is 2. The lowest BCUT2D eigenvalue weighted by Crippen LogP contribution is -2.66. The van der Waals surface area contributed by atoms with Crippen LogP contribution in [-0.2, 0) is 22.6 Å².